The van der Waals surface area contributed by atoms with Crippen LogP contribution in [0, 0.1) is 5.41 Å². The van der Waals surface area contributed by atoms with Gasteiger partial charge in [-0.15, -0.1) is 0 Å². The van der Waals surface area contributed by atoms with Crippen LogP contribution >= 0.6 is 0 Å². The summed E-state index contributed by atoms with van der Waals surface area (Å²) in [7, 11) is 0. The van der Waals surface area contributed by atoms with E-state index in [0.717, 1.165) is 0 Å². The first-order valence-corrected chi connectivity index (χ1v) is 5.87. The monoisotopic (exact) mass is 293 g/mol. The first-order valence-electron chi connectivity index (χ1n) is 5.87. The maximum Gasteiger partial charge on any atom is 0.423 e. The van der Waals surface area contributed by atoms with Gasteiger partial charge in [-0.1, -0.05) is 13.8 Å². The van der Waals surface area contributed by atoms with E-state index in [4.69, 9.17) is 5.73 Å². The third-order valence-electron chi connectivity index (χ3n) is 3.29. The molecule has 0 aromatic heterocycles. The van der Waals surface area contributed by atoms with Crippen LogP contribution in [0.15, 0.2) is 0 Å². The second-order valence-corrected chi connectivity index (χ2v) is 5.71. The molecular weight excluding hydrogens is 276 g/mol. The number of ether oxygens (including phenoxy) is 1. The average molecular weight is 293 g/mol. The molecular formula is C11H17F6NO. The third-order valence-corrected chi connectivity index (χ3v) is 3.29. The lowest BCUT2D eigenvalue weighted by Gasteiger charge is -2.40. The topological polar surface area (TPSA) is 35.2 Å². The van der Waals surface area contributed by atoms with Crippen molar-refractivity contribution in [3.05, 3.63) is 0 Å². The van der Waals surface area contributed by atoms with Gasteiger partial charge in [0.2, 0.25) is 6.10 Å². The van der Waals surface area contributed by atoms with Gasteiger partial charge in [0.05, 0.1) is 6.10 Å². The lowest BCUT2D eigenvalue weighted by atomic mass is 9.74. The highest BCUT2D eigenvalue weighted by Crippen LogP contribution is 2.41. The first-order chi connectivity index (χ1) is 8.33. The molecule has 2 nitrogen and oxygen atoms in total. The fourth-order valence-electron chi connectivity index (χ4n) is 2.21. The Morgan fingerprint density at radius 1 is 1.11 bits per heavy atom. The van der Waals surface area contributed by atoms with E-state index >= 15 is 0 Å². The highest BCUT2D eigenvalue weighted by atomic mass is 19.4. The zero-order valence-electron chi connectivity index (χ0n) is 10.6. The Labute approximate surface area is 107 Å². The molecule has 0 radical (unpaired) electrons. The van der Waals surface area contributed by atoms with E-state index in [1.165, 1.54) is 0 Å². The Bertz CT molecular complexity index is 297. The van der Waals surface area contributed by atoms with Crippen LogP contribution in [0.3, 0.4) is 0 Å². The molecule has 0 aromatic carbocycles. The van der Waals surface area contributed by atoms with Crippen LogP contribution in [0.25, 0.3) is 0 Å². The molecule has 114 valence electrons. The second-order valence-electron chi connectivity index (χ2n) is 5.71. The molecule has 2 unspecified atom stereocenters. The molecule has 0 aromatic rings. The predicted molar refractivity (Wildman–Crippen MR) is 56.4 cm³/mol. The molecule has 1 saturated carbocycles. The molecule has 0 bridgehead atoms. The van der Waals surface area contributed by atoms with Crippen LogP contribution in [-0.2, 0) is 4.74 Å². The molecule has 1 rings (SSSR count). The van der Waals surface area contributed by atoms with Gasteiger partial charge in [-0.3, -0.25) is 0 Å². The van der Waals surface area contributed by atoms with E-state index in [2.05, 4.69) is 4.74 Å². The molecule has 1 aliphatic rings. The van der Waals surface area contributed by atoms with Crippen LogP contribution in [-0.4, -0.2) is 30.6 Å². The van der Waals surface area contributed by atoms with E-state index in [1.54, 1.807) is 13.8 Å². The number of nitrogens with two attached hydrogens (primary N) is 1. The van der Waals surface area contributed by atoms with Crippen molar-refractivity contribution >= 4 is 0 Å². The Kier molecular flexibility index (Phi) is 4.46. The molecule has 2 N–H and O–H groups in total. The number of rotatable bonds is 2. The largest absolute Gasteiger partial charge is 0.423 e. The summed E-state index contributed by atoms with van der Waals surface area (Å²) in [5.41, 5.74) is 5.20. The average Bonchev–Trinajstić information content (AvgIpc) is 2.15. The van der Waals surface area contributed by atoms with E-state index < -0.39 is 30.6 Å². The highest BCUT2D eigenvalue weighted by Gasteiger charge is 2.59. The van der Waals surface area contributed by atoms with E-state index in [9.17, 15) is 26.3 Å². The lowest BCUT2D eigenvalue weighted by Crippen LogP contribution is -2.52. The minimum Gasteiger partial charge on any atom is -0.356 e. The van der Waals surface area contributed by atoms with E-state index in [1.807, 2.05) is 0 Å². The molecule has 1 fully saturated rings. The minimum absolute atomic E-state index is 0.0802. The van der Waals surface area contributed by atoms with E-state index in [-0.39, 0.29) is 11.8 Å². The highest BCUT2D eigenvalue weighted by molar-refractivity contribution is 4.90. The maximum atomic E-state index is 12.4. The normalized spacial score (nSPS) is 28.7. The van der Waals surface area contributed by atoms with Crippen molar-refractivity contribution in [2.75, 3.05) is 0 Å². The maximum absolute atomic E-state index is 12.4. The van der Waals surface area contributed by atoms with Gasteiger partial charge < -0.3 is 10.5 Å². The molecule has 0 amide bonds. The summed E-state index contributed by atoms with van der Waals surface area (Å²) < 4.78 is 78.7. The molecule has 1 aliphatic carbocycles. The number of halogens is 6. The van der Waals surface area contributed by atoms with Crippen LogP contribution in [0.4, 0.5) is 26.3 Å². The lowest BCUT2D eigenvalue weighted by molar-refractivity contribution is -0.334. The van der Waals surface area contributed by atoms with Crippen molar-refractivity contribution in [1.29, 1.82) is 0 Å². The molecule has 8 heteroatoms. The molecule has 2 atom stereocenters. The van der Waals surface area contributed by atoms with Gasteiger partial charge in [0.1, 0.15) is 0 Å². The summed E-state index contributed by atoms with van der Waals surface area (Å²) in [6, 6.07) is -0.805. The van der Waals surface area contributed by atoms with Gasteiger partial charge in [0, 0.05) is 6.04 Å². The number of alkyl halides is 6. The molecule has 0 aliphatic heterocycles. The van der Waals surface area contributed by atoms with Gasteiger partial charge in [0.25, 0.3) is 0 Å². The van der Waals surface area contributed by atoms with E-state index in [0.29, 0.717) is 12.8 Å². The van der Waals surface area contributed by atoms with Crippen LogP contribution < -0.4 is 5.73 Å². The van der Waals surface area contributed by atoms with Gasteiger partial charge in [-0.2, -0.15) is 26.3 Å². The molecule has 0 heterocycles. The molecule has 0 saturated heterocycles. The zero-order chi connectivity index (χ0) is 15.1. The predicted octanol–water partition coefficient (Wildman–Crippen LogP) is 3.40. The van der Waals surface area contributed by atoms with Gasteiger partial charge in [-0.25, -0.2) is 0 Å². The first kappa shape index (κ1) is 16.6. The van der Waals surface area contributed by atoms with Crippen molar-refractivity contribution < 1.29 is 31.1 Å². The quantitative estimate of drug-likeness (QED) is 0.792. The van der Waals surface area contributed by atoms with Crippen molar-refractivity contribution in [2.24, 2.45) is 11.1 Å². The minimum atomic E-state index is -5.49. The SMILES string of the molecule is CC1(C)CCC(N)C(OC(C(F)(F)F)C(F)(F)F)C1. The Morgan fingerprint density at radius 3 is 2.00 bits per heavy atom. The van der Waals surface area contributed by atoms with Crippen molar-refractivity contribution in [2.45, 2.75) is 63.7 Å². The third kappa shape index (κ3) is 4.52. The van der Waals surface area contributed by atoms with Gasteiger partial charge in [0.15, 0.2) is 0 Å². The summed E-state index contributed by atoms with van der Waals surface area (Å²) in [5, 5.41) is 0. The molecule has 0 spiro atoms. The summed E-state index contributed by atoms with van der Waals surface area (Å²) in [5.74, 6) is 0. The van der Waals surface area contributed by atoms with Crippen molar-refractivity contribution in [3.8, 4) is 0 Å². The summed E-state index contributed by atoms with van der Waals surface area (Å²) in [6.07, 6.45) is -14.9. The van der Waals surface area contributed by atoms with Crippen LogP contribution in [0.5, 0.6) is 0 Å². The van der Waals surface area contributed by atoms with Crippen molar-refractivity contribution in [1.82, 2.24) is 0 Å². The summed E-state index contributed by atoms with van der Waals surface area (Å²) in [4.78, 5) is 0. The summed E-state index contributed by atoms with van der Waals surface area (Å²) in [6.45, 7) is 3.54. The molecule has 19 heavy (non-hydrogen) atoms. The fraction of sp³-hybridized carbons (Fsp3) is 1.00. The fourth-order valence-corrected chi connectivity index (χ4v) is 2.21. The smallest absolute Gasteiger partial charge is 0.356 e. The Balaban J connectivity index is 2.84. The standard InChI is InChI=1S/C11H17F6NO/c1-9(2)4-3-6(18)7(5-9)19-8(10(12,13)14)11(15,16)17/h6-8H,3-5,18H2,1-2H3. The second kappa shape index (κ2) is 5.12. The number of hydrogen-bond acceptors (Lipinski definition) is 2. The Morgan fingerprint density at radius 2 is 1.58 bits per heavy atom. The summed E-state index contributed by atoms with van der Waals surface area (Å²) >= 11 is 0. The van der Waals surface area contributed by atoms with Crippen molar-refractivity contribution in [3.63, 3.8) is 0 Å². The van der Waals surface area contributed by atoms with Crippen LogP contribution in [0.2, 0.25) is 0 Å². The number of hydrogen-bond donors (Lipinski definition) is 1. The van der Waals surface area contributed by atoms with Crippen LogP contribution in [0.1, 0.15) is 33.1 Å². The Hall–Kier alpha value is -0.500. The zero-order valence-corrected chi connectivity index (χ0v) is 10.6. The van der Waals surface area contributed by atoms with Gasteiger partial charge >= 0.3 is 12.4 Å². The van der Waals surface area contributed by atoms with Gasteiger partial charge in [-0.05, 0) is 24.7 Å².